The van der Waals surface area contributed by atoms with Crippen molar-refractivity contribution < 1.29 is 4.79 Å². The Morgan fingerprint density at radius 1 is 0.909 bits per heavy atom. The topological polar surface area (TPSA) is 66.3 Å². The van der Waals surface area contributed by atoms with Crippen molar-refractivity contribution in [2.75, 3.05) is 42.9 Å². The van der Waals surface area contributed by atoms with Gasteiger partial charge in [-0.25, -0.2) is 9.97 Å². The van der Waals surface area contributed by atoms with Gasteiger partial charge in [-0.15, -0.1) is 0 Å². The van der Waals surface area contributed by atoms with Crippen LogP contribution in [0.5, 0.6) is 0 Å². The lowest BCUT2D eigenvalue weighted by Gasteiger charge is -2.35. The van der Waals surface area contributed by atoms with Gasteiger partial charge in [0.25, 0.3) is 0 Å². The maximum Gasteiger partial charge on any atom is 0.228 e. The van der Waals surface area contributed by atoms with E-state index in [-0.39, 0.29) is 5.91 Å². The first-order chi connectivity index (χ1) is 16.2. The number of nitrogens with zero attached hydrogens (tertiary/aromatic N) is 5. The van der Waals surface area contributed by atoms with Crippen LogP contribution < -0.4 is 10.2 Å². The van der Waals surface area contributed by atoms with E-state index in [0.717, 1.165) is 60.8 Å². The molecule has 0 bridgehead atoms. The van der Waals surface area contributed by atoms with Gasteiger partial charge in [-0.2, -0.15) is 0 Å². The Bertz CT molecular complexity index is 1220. The van der Waals surface area contributed by atoms with Crippen LogP contribution in [0.2, 0.25) is 0 Å². The van der Waals surface area contributed by atoms with Crippen molar-refractivity contribution in [2.24, 2.45) is 0 Å². The van der Waals surface area contributed by atoms with Gasteiger partial charge in [-0.3, -0.25) is 9.36 Å². The van der Waals surface area contributed by atoms with E-state index in [9.17, 15) is 4.79 Å². The monoisotopic (exact) mass is 440 g/mol. The zero-order valence-electron chi connectivity index (χ0n) is 18.8. The standard InChI is InChI=1S/C26H28N6O/c1-2-30-14-16-31(17-15-30)22-11-7-21(8-12-22)29-25(33)18-20-5-9-23(10-6-20)32-19-28-24-4-3-13-27-26(24)32/h3-13,19H,2,14-18H2,1H3,(H,29,33). The maximum absolute atomic E-state index is 12.6. The number of aromatic nitrogens is 3. The SMILES string of the molecule is CCN1CCN(c2ccc(NC(=O)Cc3ccc(-n4cnc5cccnc54)cc3)cc2)CC1. The number of carbonyl (C=O) groups excluding carboxylic acids is 1. The molecule has 1 aliphatic heterocycles. The summed E-state index contributed by atoms with van der Waals surface area (Å²) in [6.07, 6.45) is 3.86. The van der Waals surface area contributed by atoms with Crippen LogP contribution in [-0.2, 0) is 11.2 Å². The third kappa shape index (κ3) is 4.73. The molecule has 0 aliphatic carbocycles. The van der Waals surface area contributed by atoms with Gasteiger partial charge in [0.1, 0.15) is 11.8 Å². The number of piperazine rings is 1. The zero-order chi connectivity index (χ0) is 22.6. The molecule has 0 saturated carbocycles. The molecule has 2 aromatic heterocycles. The molecule has 5 rings (SSSR count). The van der Waals surface area contributed by atoms with Crippen molar-refractivity contribution in [3.05, 3.63) is 78.8 Å². The van der Waals surface area contributed by atoms with E-state index in [4.69, 9.17) is 0 Å². The van der Waals surface area contributed by atoms with Gasteiger partial charge >= 0.3 is 0 Å². The van der Waals surface area contributed by atoms with Crippen molar-refractivity contribution in [2.45, 2.75) is 13.3 Å². The normalized spacial score (nSPS) is 14.5. The molecule has 0 unspecified atom stereocenters. The maximum atomic E-state index is 12.6. The number of anilines is 2. The highest BCUT2D eigenvalue weighted by atomic mass is 16.1. The molecule has 168 valence electrons. The summed E-state index contributed by atoms with van der Waals surface area (Å²) >= 11 is 0. The number of imidazole rings is 1. The smallest absolute Gasteiger partial charge is 0.228 e. The van der Waals surface area contributed by atoms with Crippen molar-refractivity contribution in [3.63, 3.8) is 0 Å². The van der Waals surface area contributed by atoms with Crippen molar-refractivity contribution in [3.8, 4) is 5.69 Å². The minimum Gasteiger partial charge on any atom is -0.369 e. The largest absolute Gasteiger partial charge is 0.369 e. The second-order valence-corrected chi connectivity index (χ2v) is 8.32. The van der Waals surface area contributed by atoms with Crippen LogP contribution in [0.25, 0.3) is 16.9 Å². The van der Waals surface area contributed by atoms with Gasteiger partial charge < -0.3 is 15.1 Å². The molecule has 0 radical (unpaired) electrons. The van der Waals surface area contributed by atoms with Gasteiger partial charge in [0.15, 0.2) is 5.65 Å². The highest BCUT2D eigenvalue weighted by molar-refractivity contribution is 5.92. The Morgan fingerprint density at radius 3 is 2.36 bits per heavy atom. The van der Waals surface area contributed by atoms with E-state index in [0.29, 0.717) is 6.42 Å². The number of carbonyl (C=O) groups is 1. The van der Waals surface area contributed by atoms with E-state index in [1.165, 1.54) is 5.69 Å². The van der Waals surface area contributed by atoms with Gasteiger partial charge in [0.2, 0.25) is 5.91 Å². The van der Waals surface area contributed by atoms with Crippen LogP contribution in [0.1, 0.15) is 12.5 Å². The lowest BCUT2D eigenvalue weighted by molar-refractivity contribution is -0.115. The molecule has 7 heteroatoms. The highest BCUT2D eigenvalue weighted by Gasteiger charge is 2.16. The summed E-state index contributed by atoms with van der Waals surface area (Å²) < 4.78 is 1.95. The van der Waals surface area contributed by atoms with Gasteiger partial charge in [0.05, 0.1) is 6.42 Å². The fourth-order valence-electron chi connectivity index (χ4n) is 4.28. The average Bonchev–Trinajstić information content (AvgIpc) is 3.29. The fraction of sp³-hybridized carbons (Fsp3) is 0.269. The van der Waals surface area contributed by atoms with E-state index in [1.54, 1.807) is 12.5 Å². The van der Waals surface area contributed by atoms with Gasteiger partial charge in [0, 0.05) is 49.4 Å². The van der Waals surface area contributed by atoms with Crippen LogP contribution >= 0.6 is 0 Å². The van der Waals surface area contributed by atoms with Crippen molar-refractivity contribution in [1.82, 2.24) is 19.4 Å². The molecule has 1 aliphatic rings. The van der Waals surface area contributed by atoms with Crippen LogP contribution in [0.3, 0.4) is 0 Å². The van der Waals surface area contributed by atoms with Crippen LogP contribution in [-0.4, -0.2) is 58.1 Å². The number of likely N-dealkylation sites (N-methyl/N-ethyl adjacent to an activating group) is 1. The highest BCUT2D eigenvalue weighted by Crippen LogP contribution is 2.20. The van der Waals surface area contributed by atoms with Crippen molar-refractivity contribution >= 4 is 28.4 Å². The molecule has 2 aromatic carbocycles. The minimum atomic E-state index is -0.0261. The molecule has 0 atom stereocenters. The number of rotatable bonds is 6. The molecule has 0 spiro atoms. The van der Waals surface area contributed by atoms with E-state index in [1.807, 2.05) is 53.1 Å². The Kier molecular flexibility index (Phi) is 6.04. The first-order valence-electron chi connectivity index (χ1n) is 11.4. The number of nitrogens with one attached hydrogen (secondary N) is 1. The summed E-state index contributed by atoms with van der Waals surface area (Å²) in [6, 6.07) is 19.9. The number of fused-ring (bicyclic) bond motifs is 1. The number of pyridine rings is 1. The van der Waals surface area contributed by atoms with Gasteiger partial charge in [-0.1, -0.05) is 19.1 Å². The van der Waals surface area contributed by atoms with Crippen molar-refractivity contribution in [1.29, 1.82) is 0 Å². The molecule has 1 amide bonds. The van der Waals surface area contributed by atoms with Crippen LogP contribution in [0.15, 0.2) is 73.2 Å². The second kappa shape index (κ2) is 9.42. The summed E-state index contributed by atoms with van der Waals surface area (Å²) in [6.45, 7) is 7.60. The first-order valence-corrected chi connectivity index (χ1v) is 11.4. The summed E-state index contributed by atoms with van der Waals surface area (Å²) in [5.41, 5.74) is 5.63. The number of benzene rings is 2. The Labute approximate surface area is 193 Å². The van der Waals surface area contributed by atoms with Crippen LogP contribution in [0.4, 0.5) is 11.4 Å². The summed E-state index contributed by atoms with van der Waals surface area (Å²) in [7, 11) is 0. The Balaban J connectivity index is 1.18. The quantitative estimate of drug-likeness (QED) is 0.495. The molecular formula is C26H28N6O. The number of amides is 1. The Morgan fingerprint density at radius 2 is 1.64 bits per heavy atom. The zero-order valence-corrected chi connectivity index (χ0v) is 18.8. The molecule has 1 fully saturated rings. The lowest BCUT2D eigenvalue weighted by atomic mass is 10.1. The fourth-order valence-corrected chi connectivity index (χ4v) is 4.28. The molecule has 4 aromatic rings. The summed E-state index contributed by atoms with van der Waals surface area (Å²) in [5.74, 6) is -0.0261. The number of hydrogen-bond donors (Lipinski definition) is 1. The Hall–Kier alpha value is -3.71. The summed E-state index contributed by atoms with van der Waals surface area (Å²) in [4.78, 5) is 26.2. The molecule has 1 N–H and O–H groups in total. The first kappa shape index (κ1) is 21.2. The third-order valence-electron chi connectivity index (χ3n) is 6.22. The predicted molar refractivity (Wildman–Crippen MR) is 132 cm³/mol. The third-order valence-corrected chi connectivity index (χ3v) is 6.22. The molecule has 1 saturated heterocycles. The molecule has 33 heavy (non-hydrogen) atoms. The molecule has 3 heterocycles. The van der Waals surface area contributed by atoms with Gasteiger partial charge in [-0.05, 0) is 60.6 Å². The van der Waals surface area contributed by atoms with E-state index < -0.39 is 0 Å². The second-order valence-electron chi connectivity index (χ2n) is 8.32. The van der Waals surface area contributed by atoms with Crippen LogP contribution in [0, 0.1) is 0 Å². The van der Waals surface area contributed by atoms with E-state index in [2.05, 4.69) is 44.1 Å². The van der Waals surface area contributed by atoms with E-state index >= 15 is 0 Å². The lowest BCUT2D eigenvalue weighted by Crippen LogP contribution is -2.46. The predicted octanol–water partition coefficient (Wildman–Crippen LogP) is 3.74. The minimum absolute atomic E-state index is 0.0261. The number of hydrogen-bond acceptors (Lipinski definition) is 5. The average molecular weight is 441 g/mol. The molecular weight excluding hydrogens is 412 g/mol. The molecule has 7 nitrogen and oxygen atoms in total. The summed E-state index contributed by atoms with van der Waals surface area (Å²) in [5, 5.41) is 3.01.